The number of ether oxygens (including phenoxy) is 1. The SMILES string of the molecule is COc1ccc(CNC(=O)N2CCC(CCCC(=O)NO)CC2)cc1. The average molecular weight is 349 g/mol. The number of hydrogen-bond donors (Lipinski definition) is 3. The van der Waals surface area contributed by atoms with E-state index in [9.17, 15) is 9.59 Å². The molecule has 0 bridgehead atoms. The molecule has 0 radical (unpaired) electrons. The highest BCUT2D eigenvalue weighted by Crippen LogP contribution is 2.22. The predicted molar refractivity (Wildman–Crippen MR) is 93.3 cm³/mol. The highest BCUT2D eigenvalue weighted by Gasteiger charge is 2.22. The standard InChI is InChI=1S/C18H27N3O4/c1-25-16-7-5-15(6-8-16)13-19-18(23)21-11-9-14(10-12-21)3-2-4-17(22)20-24/h5-8,14,24H,2-4,9-13H2,1H3,(H,19,23)(H,20,22). The van der Waals surface area contributed by atoms with Crippen LogP contribution in [0.4, 0.5) is 4.79 Å². The topological polar surface area (TPSA) is 90.9 Å². The highest BCUT2D eigenvalue weighted by atomic mass is 16.5. The minimum atomic E-state index is -0.338. The number of benzene rings is 1. The van der Waals surface area contributed by atoms with Gasteiger partial charge in [-0.15, -0.1) is 0 Å². The molecule has 1 aromatic carbocycles. The normalized spacial score (nSPS) is 14.9. The Morgan fingerprint density at radius 1 is 1.24 bits per heavy atom. The quantitative estimate of drug-likeness (QED) is 0.520. The van der Waals surface area contributed by atoms with E-state index < -0.39 is 0 Å². The summed E-state index contributed by atoms with van der Waals surface area (Å²) in [7, 11) is 1.63. The molecule has 1 heterocycles. The van der Waals surface area contributed by atoms with Crippen LogP contribution in [-0.4, -0.2) is 42.2 Å². The summed E-state index contributed by atoms with van der Waals surface area (Å²) in [5.74, 6) is 1.00. The molecule has 2 rings (SSSR count). The van der Waals surface area contributed by atoms with Crippen molar-refractivity contribution in [3.05, 3.63) is 29.8 Å². The number of piperidine rings is 1. The molecule has 1 aliphatic rings. The molecular weight excluding hydrogens is 322 g/mol. The van der Waals surface area contributed by atoms with Crippen LogP contribution >= 0.6 is 0 Å². The fraction of sp³-hybridized carbons (Fsp3) is 0.556. The number of methoxy groups -OCH3 is 1. The van der Waals surface area contributed by atoms with Crippen LogP contribution in [0.15, 0.2) is 24.3 Å². The Balaban J connectivity index is 1.65. The van der Waals surface area contributed by atoms with Gasteiger partial charge < -0.3 is 15.0 Å². The van der Waals surface area contributed by atoms with Crippen LogP contribution < -0.4 is 15.5 Å². The maximum absolute atomic E-state index is 12.3. The lowest BCUT2D eigenvalue weighted by atomic mass is 9.91. The van der Waals surface area contributed by atoms with Gasteiger partial charge in [0.15, 0.2) is 0 Å². The summed E-state index contributed by atoms with van der Waals surface area (Å²) in [5, 5.41) is 11.4. The lowest BCUT2D eigenvalue weighted by Crippen LogP contribution is -2.44. The number of carbonyl (C=O) groups excluding carboxylic acids is 2. The highest BCUT2D eigenvalue weighted by molar-refractivity contribution is 5.74. The molecule has 0 atom stereocenters. The lowest BCUT2D eigenvalue weighted by molar-refractivity contribution is -0.129. The van der Waals surface area contributed by atoms with Gasteiger partial charge in [-0.1, -0.05) is 12.1 Å². The van der Waals surface area contributed by atoms with Crippen LogP contribution in [0.3, 0.4) is 0 Å². The minimum absolute atomic E-state index is 0.0334. The monoisotopic (exact) mass is 349 g/mol. The zero-order valence-electron chi connectivity index (χ0n) is 14.7. The summed E-state index contributed by atoms with van der Waals surface area (Å²) < 4.78 is 5.12. The van der Waals surface area contributed by atoms with Crippen LogP contribution in [0, 0.1) is 5.92 Å². The molecule has 0 aliphatic carbocycles. The second-order valence-electron chi connectivity index (χ2n) is 6.36. The first-order chi connectivity index (χ1) is 12.1. The van der Waals surface area contributed by atoms with E-state index in [-0.39, 0.29) is 11.9 Å². The van der Waals surface area contributed by atoms with Crippen LogP contribution in [-0.2, 0) is 11.3 Å². The third kappa shape index (κ3) is 6.26. The maximum atomic E-state index is 12.3. The fourth-order valence-corrected chi connectivity index (χ4v) is 3.06. The Hall–Kier alpha value is -2.28. The van der Waals surface area contributed by atoms with Gasteiger partial charge >= 0.3 is 6.03 Å². The van der Waals surface area contributed by atoms with Crippen LogP contribution in [0.5, 0.6) is 5.75 Å². The average Bonchev–Trinajstić information content (AvgIpc) is 2.66. The summed E-state index contributed by atoms with van der Waals surface area (Å²) in [6.07, 6.45) is 3.97. The first kappa shape index (κ1) is 19.1. The van der Waals surface area contributed by atoms with Gasteiger partial charge in [0.25, 0.3) is 0 Å². The first-order valence-electron chi connectivity index (χ1n) is 8.71. The third-order valence-corrected chi connectivity index (χ3v) is 4.65. The van der Waals surface area contributed by atoms with Crippen molar-refractivity contribution in [2.45, 2.75) is 38.6 Å². The van der Waals surface area contributed by atoms with E-state index in [1.807, 2.05) is 29.2 Å². The van der Waals surface area contributed by atoms with Crippen molar-refractivity contribution in [3.8, 4) is 5.75 Å². The molecule has 1 aliphatic heterocycles. The van der Waals surface area contributed by atoms with Crippen LogP contribution in [0.25, 0.3) is 0 Å². The lowest BCUT2D eigenvalue weighted by Gasteiger charge is -2.32. The van der Waals surface area contributed by atoms with Crippen molar-refractivity contribution in [2.24, 2.45) is 5.92 Å². The molecule has 1 fully saturated rings. The smallest absolute Gasteiger partial charge is 0.317 e. The van der Waals surface area contributed by atoms with E-state index in [1.54, 1.807) is 12.6 Å². The zero-order chi connectivity index (χ0) is 18.1. The van der Waals surface area contributed by atoms with Crippen molar-refractivity contribution < 1.29 is 19.5 Å². The van der Waals surface area contributed by atoms with Gasteiger partial charge in [-0.3, -0.25) is 10.0 Å². The summed E-state index contributed by atoms with van der Waals surface area (Å²) >= 11 is 0. The van der Waals surface area contributed by atoms with E-state index in [1.165, 1.54) is 0 Å². The maximum Gasteiger partial charge on any atom is 0.317 e. The van der Waals surface area contributed by atoms with Gasteiger partial charge in [-0.25, -0.2) is 10.3 Å². The van der Waals surface area contributed by atoms with Crippen molar-refractivity contribution in [2.75, 3.05) is 20.2 Å². The van der Waals surface area contributed by atoms with Crippen molar-refractivity contribution >= 4 is 11.9 Å². The molecular formula is C18H27N3O4. The molecule has 7 nitrogen and oxygen atoms in total. The first-order valence-corrected chi connectivity index (χ1v) is 8.71. The van der Waals surface area contributed by atoms with Gasteiger partial charge in [-0.2, -0.15) is 0 Å². The molecule has 0 unspecified atom stereocenters. The number of rotatable bonds is 7. The van der Waals surface area contributed by atoms with Crippen molar-refractivity contribution in [1.82, 2.24) is 15.7 Å². The summed E-state index contributed by atoms with van der Waals surface area (Å²) in [6, 6.07) is 7.60. The number of urea groups is 1. The molecule has 3 amide bonds. The molecule has 25 heavy (non-hydrogen) atoms. The van der Waals surface area contributed by atoms with Gasteiger partial charge in [0.1, 0.15) is 5.75 Å². The molecule has 7 heteroatoms. The minimum Gasteiger partial charge on any atom is -0.497 e. The number of amides is 3. The summed E-state index contributed by atoms with van der Waals surface area (Å²) in [5.41, 5.74) is 2.69. The van der Waals surface area contributed by atoms with E-state index in [0.717, 1.165) is 50.1 Å². The van der Waals surface area contributed by atoms with E-state index in [0.29, 0.717) is 18.9 Å². The van der Waals surface area contributed by atoms with Gasteiger partial charge in [0.05, 0.1) is 7.11 Å². The Morgan fingerprint density at radius 3 is 2.52 bits per heavy atom. The van der Waals surface area contributed by atoms with Crippen LogP contribution in [0.1, 0.15) is 37.7 Å². The Bertz CT molecular complexity index is 554. The predicted octanol–water partition coefficient (Wildman–Crippen LogP) is 2.29. The van der Waals surface area contributed by atoms with E-state index in [2.05, 4.69) is 5.32 Å². The number of nitrogens with zero attached hydrogens (tertiary/aromatic N) is 1. The van der Waals surface area contributed by atoms with Crippen molar-refractivity contribution in [1.29, 1.82) is 0 Å². The molecule has 0 saturated carbocycles. The zero-order valence-corrected chi connectivity index (χ0v) is 14.7. The molecule has 1 aromatic rings. The Kier molecular flexibility index (Phi) is 7.53. The van der Waals surface area contributed by atoms with Gasteiger partial charge in [0.2, 0.25) is 5.91 Å². The van der Waals surface area contributed by atoms with E-state index in [4.69, 9.17) is 9.94 Å². The van der Waals surface area contributed by atoms with Gasteiger partial charge in [-0.05, 0) is 49.3 Å². The Labute approximate surface area is 148 Å². The fourth-order valence-electron chi connectivity index (χ4n) is 3.06. The third-order valence-electron chi connectivity index (χ3n) is 4.65. The summed E-state index contributed by atoms with van der Waals surface area (Å²) in [6.45, 7) is 1.98. The molecule has 0 spiro atoms. The number of carbonyl (C=O) groups is 2. The second kappa shape index (κ2) is 9.88. The molecule has 3 N–H and O–H groups in total. The van der Waals surface area contributed by atoms with E-state index >= 15 is 0 Å². The Morgan fingerprint density at radius 2 is 1.92 bits per heavy atom. The second-order valence-corrected chi connectivity index (χ2v) is 6.36. The largest absolute Gasteiger partial charge is 0.497 e. The molecule has 0 aromatic heterocycles. The number of hydroxylamine groups is 1. The number of likely N-dealkylation sites (tertiary alicyclic amines) is 1. The summed E-state index contributed by atoms with van der Waals surface area (Å²) in [4.78, 5) is 25.1. The number of hydrogen-bond acceptors (Lipinski definition) is 4. The molecule has 1 saturated heterocycles. The van der Waals surface area contributed by atoms with Crippen LogP contribution in [0.2, 0.25) is 0 Å². The number of nitrogens with one attached hydrogen (secondary N) is 2. The molecule has 138 valence electrons. The van der Waals surface area contributed by atoms with Crippen molar-refractivity contribution in [3.63, 3.8) is 0 Å². The van der Waals surface area contributed by atoms with Gasteiger partial charge in [0, 0.05) is 26.1 Å².